The topological polar surface area (TPSA) is 58.3 Å². The molecule has 1 N–H and O–H groups in total. The number of hydrogen-bond donors (Lipinski definition) is 1. The Balaban J connectivity index is 1.98. The van der Waals surface area contributed by atoms with Crippen LogP contribution in [0.15, 0.2) is 81.9 Å². The number of nitrogens with one attached hydrogen (secondary N) is 1. The predicted octanol–water partition coefficient (Wildman–Crippen LogP) is 3.76. The third-order valence-electron chi connectivity index (χ3n) is 2.81. The van der Waals surface area contributed by atoms with E-state index in [4.69, 9.17) is 4.84 Å². The van der Waals surface area contributed by atoms with Crippen LogP contribution in [0, 0.1) is 0 Å². The molecule has 0 radical (unpaired) electrons. The van der Waals surface area contributed by atoms with Gasteiger partial charge < -0.3 is 0 Å². The van der Waals surface area contributed by atoms with Crippen LogP contribution in [-0.4, -0.2) is 24.5 Å². The average Bonchev–Trinajstić information content (AvgIpc) is 3.04. The molecular weight excluding hydrogens is 288 g/mol. The fraction of sp³-hybridized carbons (Fsp3) is 0.167. The van der Waals surface area contributed by atoms with Gasteiger partial charge >= 0.3 is 0 Å². The Morgan fingerprint density at radius 3 is 2.96 bits per heavy atom. The molecule has 0 aromatic heterocycles. The number of amidine groups is 1. The van der Waals surface area contributed by atoms with Crippen molar-refractivity contribution in [3.8, 4) is 0 Å². The molecule has 1 heterocycles. The number of allylic oxidation sites excluding steroid dienone is 4. The third kappa shape index (κ3) is 5.84. The van der Waals surface area contributed by atoms with Crippen molar-refractivity contribution in [3.63, 3.8) is 0 Å². The number of nitrogens with zero attached hydrogens (tertiary/aromatic N) is 3. The van der Waals surface area contributed by atoms with Crippen LogP contribution in [0.3, 0.4) is 0 Å². The molecule has 0 fully saturated rings. The van der Waals surface area contributed by atoms with Crippen molar-refractivity contribution < 1.29 is 4.84 Å². The van der Waals surface area contributed by atoms with Crippen molar-refractivity contribution in [2.45, 2.75) is 19.6 Å². The van der Waals surface area contributed by atoms with Crippen molar-refractivity contribution >= 4 is 24.0 Å². The van der Waals surface area contributed by atoms with Gasteiger partial charge in [-0.05, 0) is 30.7 Å². The van der Waals surface area contributed by atoms with E-state index in [1.807, 2.05) is 48.6 Å². The lowest BCUT2D eigenvalue weighted by Crippen LogP contribution is -2.19. The Kier molecular flexibility index (Phi) is 6.68. The maximum atomic E-state index is 5.31. The average molecular weight is 308 g/mol. The summed E-state index contributed by atoms with van der Waals surface area (Å²) in [4.78, 5) is 18.3. The van der Waals surface area contributed by atoms with E-state index in [1.54, 1.807) is 18.5 Å². The van der Waals surface area contributed by atoms with E-state index in [9.17, 15) is 0 Å². The Labute approximate surface area is 136 Å². The van der Waals surface area contributed by atoms with Crippen LogP contribution in [0.1, 0.15) is 13.3 Å². The van der Waals surface area contributed by atoms with E-state index >= 15 is 0 Å². The molecule has 5 nitrogen and oxygen atoms in total. The lowest BCUT2D eigenvalue weighted by atomic mass is 10.3. The number of rotatable bonds is 7. The Hall–Kier alpha value is -2.79. The molecule has 0 aliphatic carbocycles. The van der Waals surface area contributed by atoms with Gasteiger partial charge in [-0.25, -0.2) is 15.3 Å². The molecule has 1 atom stereocenters. The van der Waals surface area contributed by atoms with E-state index < -0.39 is 6.23 Å². The highest BCUT2D eigenvalue weighted by Crippen LogP contribution is 2.10. The highest BCUT2D eigenvalue weighted by molar-refractivity contribution is 6.30. The molecule has 0 saturated heterocycles. The summed E-state index contributed by atoms with van der Waals surface area (Å²) < 4.78 is 0. The molecule has 1 aliphatic heterocycles. The first kappa shape index (κ1) is 16.6. The summed E-state index contributed by atoms with van der Waals surface area (Å²) in [6, 6.07) is 9.63. The number of para-hydroxylation sites is 1. The van der Waals surface area contributed by atoms with Gasteiger partial charge in [0.05, 0.1) is 23.8 Å². The lowest BCUT2D eigenvalue weighted by Gasteiger charge is -1.97. The summed E-state index contributed by atoms with van der Waals surface area (Å²) >= 11 is 0. The summed E-state index contributed by atoms with van der Waals surface area (Å²) in [5.41, 5.74) is 4.38. The van der Waals surface area contributed by atoms with Crippen LogP contribution < -0.4 is 5.48 Å². The van der Waals surface area contributed by atoms with E-state index in [0.29, 0.717) is 5.84 Å². The van der Waals surface area contributed by atoms with Gasteiger partial charge in [-0.15, -0.1) is 0 Å². The van der Waals surface area contributed by atoms with Crippen LogP contribution in [-0.2, 0) is 4.84 Å². The zero-order valence-corrected chi connectivity index (χ0v) is 13.1. The minimum Gasteiger partial charge on any atom is -0.256 e. The first-order valence-electron chi connectivity index (χ1n) is 7.44. The van der Waals surface area contributed by atoms with Crippen LogP contribution in [0.25, 0.3) is 0 Å². The molecule has 0 bridgehead atoms. The fourth-order valence-electron chi connectivity index (χ4n) is 1.73. The molecule has 0 spiro atoms. The number of aliphatic imine (C=N–C) groups is 3. The van der Waals surface area contributed by atoms with Gasteiger partial charge in [-0.2, -0.15) is 0 Å². The zero-order chi connectivity index (χ0) is 16.3. The zero-order valence-electron chi connectivity index (χ0n) is 13.1. The van der Waals surface area contributed by atoms with Gasteiger partial charge in [0.2, 0.25) is 6.23 Å². The Morgan fingerprint density at radius 1 is 1.39 bits per heavy atom. The molecule has 1 unspecified atom stereocenters. The summed E-state index contributed by atoms with van der Waals surface area (Å²) in [5, 5.41) is 0. The largest absolute Gasteiger partial charge is 0.256 e. The second kappa shape index (κ2) is 9.27. The third-order valence-corrected chi connectivity index (χ3v) is 2.81. The van der Waals surface area contributed by atoms with E-state index in [-0.39, 0.29) is 0 Å². The smallest absolute Gasteiger partial charge is 0.212 e. The first-order valence-corrected chi connectivity index (χ1v) is 7.44. The van der Waals surface area contributed by atoms with Crippen molar-refractivity contribution in [2.24, 2.45) is 15.0 Å². The first-order chi connectivity index (χ1) is 11.3. The summed E-state index contributed by atoms with van der Waals surface area (Å²) in [6.45, 7) is 5.75. The fourth-order valence-corrected chi connectivity index (χ4v) is 1.73. The molecule has 0 saturated carbocycles. The van der Waals surface area contributed by atoms with E-state index in [1.165, 1.54) is 0 Å². The van der Waals surface area contributed by atoms with Crippen molar-refractivity contribution in [3.05, 3.63) is 66.9 Å². The highest BCUT2D eigenvalue weighted by Gasteiger charge is 2.13. The maximum absolute atomic E-state index is 5.31. The second-order valence-electron chi connectivity index (χ2n) is 4.63. The summed E-state index contributed by atoms with van der Waals surface area (Å²) in [6.07, 6.45) is 11.2. The number of benzene rings is 1. The van der Waals surface area contributed by atoms with Crippen molar-refractivity contribution in [1.29, 1.82) is 0 Å². The van der Waals surface area contributed by atoms with Gasteiger partial charge in [0.25, 0.3) is 0 Å². The van der Waals surface area contributed by atoms with Gasteiger partial charge in [0.15, 0.2) is 5.84 Å². The second-order valence-corrected chi connectivity index (χ2v) is 4.63. The lowest BCUT2D eigenvalue weighted by molar-refractivity contribution is 0.0825. The van der Waals surface area contributed by atoms with E-state index in [2.05, 4.69) is 34.0 Å². The summed E-state index contributed by atoms with van der Waals surface area (Å²) in [5.74, 6) is 0.550. The molecule has 0 amide bonds. The summed E-state index contributed by atoms with van der Waals surface area (Å²) in [7, 11) is 0. The normalized spacial score (nSPS) is 18.7. The van der Waals surface area contributed by atoms with Crippen LogP contribution in [0.5, 0.6) is 0 Å². The minimum atomic E-state index is -0.463. The van der Waals surface area contributed by atoms with Gasteiger partial charge in [-0.1, -0.05) is 43.9 Å². The molecule has 118 valence electrons. The van der Waals surface area contributed by atoms with Crippen LogP contribution in [0.2, 0.25) is 0 Å². The van der Waals surface area contributed by atoms with Crippen LogP contribution >= 0.6 is 0 Å². The molecule has 1 aliphatic rings. The Morgan fingerprint density at radius 2 is 2.22 bits per heavy atom. The van der Waals surface area contributed by atoms with Crippen molar-refractivity contribution in [2.75, 3.05) is 0 Å². The highest BCUT2D eigenvalue weighted by atomic mass is 16.7. The monoisotopic (exact) mass is 308 g/mol. The maximum Gasteiger partial charge on any atom is 0.212 e. The predicted molar refractivity (Wildman–Crippen MR) is 96.2 cm³/mol. The molecule has 2 rings (SSSR count). The van der Waals surface area contributed by atoms with Crippen LogP contribution in [0.4, 0.5) is 5.69 Å². The van der Waals surface area contributed by atoms with Crippen molar-refractivity contribution in [1.82, 2.24) is 5.48 Å². The van der Waals surface area contributed by atoms with E-state index in [0.717, 1.165) is 17.8 Å². The van der Waals surface area contributed by atoms with Gasteiger partial charge in [0, 0.05) is 0 Å². The minimum absolute atomic E-state index is 0.463. The Bertz CT molecular complexity index is 657. The molecule has 23 heavy (non-hydrogen) atoms. The SMILES string of the molecule is C=C/C=C(\C=C/CC)N=CC1=NC(C=Nc2ccccc2)ON1. The molecule has 5 heteroatoms. The molecular formula is C18H20N4O. The molecule has 1 aromatic rings. The number of hydrogen-bond acceptors (Lipinski definition) is 5. The van der Waals surface area contributed by atoms with Gasteiger partial charge in [0.1, 0.15) is 0 Å². The molecule has 1 aromatic carbocycles. The number of hydroxylamine groups is 1. The van der Waals surface area contributed by atoms with Gasteiger partial charge in [-0.3, -0.25) is 9.98 Å². The quantitative estimate of drug-likeness (QED) is 0.616. The standard InChI is InChI=1S/C18H20N4O/c1-3-5-10-15(9-4-2)19-13-17-21-18(23-22-17)14-20-16-11-7-6-8-12-16/h4-14,18H,2-3H2,1H3,(H,21,22)/b10-5-,15-9+,19-13?,20-14?.